The van der Waals surface area contributed by atoms with Crippen LogP contribution in [0.3, 0.4) is 0 Å². The molecule has 0 aliphatic heterocycles. The van der Waals surface area contributed by atoms with E-state index in [0.717, 1.165) is 5.56 Å². The third-order valence-electron chi connectivity index (χ3n) is 3.49. The van der Waals surface area contributed by atoms with E-state index in [1.165, 1.54) is 11.6 Å². The van der Waals surface area contributed by atoms with Crippen LogP contribution >= 0.6 is 0 Å². The first kappa shape index (κ1) is 18.4. The van der Waals surface area contributed by atoms with Crippen molar-refractivity contribution in [3.05, 3.63) is 71.3 Å². The summed E-state index contributed by atoms with van der Waals surface area (Å²) in [5.74, 6) is -0.458. The van der Waals surface area contributed by atoms with E-state index in [9.17, 15) is 9.59 Å². The molecule has 0 radical (unpaired) electrons. The fourth-order valence-electron chi connectivity index (χ4n) is 2.14. The summed E-state index contributed by atoms with van der Waals surface area (Å²) in [5.41, 5.74) is 3.17. The highest BCUT2D eigenvalue weighted by atomic mass is 16.5. The molecular weight excluding hydrogens is 316 g/mol. The highest BCUT2D eigenvalue weighted by Gasteiger charge is 2.06. The molecule has 0 saturated carbocycles. The van der Waals surface area contributed by atoms with Gasteiger partial charge in [-0.3, -0.25) is 9.59 Å². The fourth-order valence-corrected chi connectivity index (χ4v) is 2.14. The van der Waals surface area contributed by atoms with Crippen LogP contribution in [0.15, 0.2) is 54.6 Å². The number of carbonyl (C=O) groups is 2. The molecular formula is C20H22N2O3. The van der Waals surface area contributed by atoms with E-state index in [1.54, 1.807) is 37.5 Å². The zero-order valence-corrected chi connectivity index (χ0v) is 14.4. The van der Waals surface area contributed by atoms with E-state index in [4.69, 9.17) is 4.74 Å². The molecule has 5 nitrogen and oxygen atoms in total. The third-order valence-corrected chi connectivity index (χ3v) is 3.49. The van der Waals surface area contributed by atoms with Gasteiger partial charge in [0.1, 0.15) is 0 Å². The van der Waals surface area contributed by atoms with Crippen LogP contribution in [0, 0.1) is 6.92 Å². The van der Waals surface area contributed by atoms with Crippen molar-refractivity contribution in [3.63, 3.8) is 0 Å². The van der Waals surface area contributed by atoms with Crippen molar-refractivity contribution in [2.45, 2.75) is 6.92 Å². The van der Waals surface area contributed by atoms with Crippen LogP contribution in [0.5, 0.6) is 0 Å². The molecule has 0 aliphatic rings. The Morgan fingerprint density at radius 3 is 2.60 bits per heavy atom. The van der Waals surface area contributed by atoms with Crippen molar-refractivity contribution in [3.8, 4) is 0 Å². The molecule has 5 heteroatoms. The average Bonchev–Trinajstić information content (AvgIpc) is 2.61. The monoisotopic (exact) mass is 338 g/mol. The van der Waals surface area contributed by atoms with E-state index in [2.05, 4.69) is 10.6 Å². The maximum absolute atomic E-state index is 12.0. The number of hydrogen-bond donors (Lipinski definition) is 2. The van der Waals surface area contributed by atoms with Crippen molar-refractivity contribution in [1.82, 2.24) is 5.32 Å². The van der Waals surface area contributed by atoms with Gasteiger partial charge in [-0.25, -0.2) is 0 Å². The molecule has 0 fully saturated rings. The van der Waals surface area contributed by atoms with Crippen molar-refractivity contribution >= 4 is 23.6 Å². The fraction of sp³-hybridized carbons (Fsp3) is 0.200. The molecule has 2 rings (SSSR count). The first-order valence-corrected chi connectivity index (χ1v) is 8.01. The second-order valence-electron chi connectivity index (χ2n) is 5.56. The second-order valence-corrected chi connectivity index (χ2v) is 5.56. The van der Waals surface area contributed by atoms with Gasteiger partial charge in [0.15, 0.2) is 0 Å². The van der Waals surface area contributed by atoms with Gasteiger partial charge in [0.25, 0.3) is 5.91 Å². The number of rotatable bonds is 7. The van der Waals surface area contributed by atoms with Crippen molar-refractivity contribution in [2.75, 3.05) is 25.6 Å². The minimum absolute atomic E-state index is 0.205. The van der Waals surface area contributed by atoms with Gasteiger partial charge < -0.3 is 15.4 Å². The Morgan fingerprint density at radius 2 is 1.88 bits per heavy atom. The van der Waals surface area contributed by atoms with Crippen LogP contribution in [0.1, 0.15) is 21.5 Å². The van der Waals surface area contributed by atoms with Crippen molar-refractivity contribution in [2.24, 2.45) is 0 Å². The van der Waals surface area contributed by atoms with Gasteiger partial charge >= 0.3 is 0 Å². The van der Waals surface area contributed by atoms with Gasteiger partial charge in [-0.05, 0) is 36.8 Å². The van der Waals surface area contributed by atoms with Gasteiger partial charge in [0.05, 0.1) is 6.61 Å². The van der Waals surface area contributed by atoms with Gasteiger partial charge in [-0.1, -0.05) is 35.9 Å². The molecule has 25 heavy (non-hydrogen) atoms. The summed E-state index contributed by atoms with van der Waals surface area (Å²) in [5, 5.41) is 5.50. The SMILES string of the molecule is COCCNC(=O)c1cccc(NC(=O)/C=C/c2ccc(C)cc2)c1. The molecule has 2 amide bonds. The Bertz CT molecular complexity index is 752. The summed E-state index contributed by atoms with van der Waals surface area (Å²) in [7, 11) is 1.58. The Kier molecular flexibility index (Phi) is 6.92. The normalized spacial score (nSPS) is 10.6. The number of benzene rings is 2. The van der Waals surface area contributed by atoms with Crippen LogP contribution in [0.2, 0.25) is 0 Å². The van der Waals surface area contributed by atoms with Crippen LogP contribution in [0.4, 0.5) is 5.69 Å². The van der Waals surface area contributed by atoms with Crippen LogP contribution in [-0.4, -0.2) is 32.1 Å². The smallest absolute Gasteiger partial charge is 0.251 e. The molecule has 0 bridgehead atoms. The molecule has 130 valence electrons. The Labute approximate surface area is 147 Å². The first-order chi connectivity index (χ1) is 12.1. The average molecular weight is 338 g/mol. The van der Waals surface area contributed by atoms with Crippen LogP contribution in [0.25, 0.3) is 6.08 Å². The maximum atomic E-state index is 12.0. The summed E-state index contributed by atoms with van der Waals surface area (Å²) in [6.45, 7) is 2.90. The Hall–Kier alpha value is -2.92. The zero-order chi connectivity index (χ0) is 18.1. The Balaban J connectivity index is 1.95. The zero-order valence-electron chi connectivity index (χ0n) is 14.4. The van der Waals surface area contributed by atoms with Gasteiger partial charge in [-0.15, -0.1) is 0 Å². The van der Waals surface area contributed by atoms with E-state index >= 15 is 0 Å². The lowest BCUT2D eigenvalue weighted by Crippen LogP contribution is -2.27. The molecule has 0 saturated heterocycles. The molecule has 0 heterocycles. The Morgan fingerprint density at radius 1 is 1.12 bits per heavy atom. The van der Waals surface area contributed by atoms with Gasteiger partial charge in [0, 0.05) is 31.0 Å². The summed E-state index contributed by atoms with van der Waals surface area (Å²) >= 11 is 0. The van der Waals surface area contributed by atoms with Crippen LogP contribution in [-0.2, 0) is 9.53 Å². The summed E-state index contributed by atoms with van der Waals surface area (Å²) in [4.78, 5) is 24.0. The number of amides is 2. The topological polar surface area (TPSA) is 67.4 Å². The molecule has 2 aromatic rings. The highest BCUT2D eigenvalue weighted by Crippen LogP contribution is 2.11. The molecule has 0 spiro atoms. The molecule has 0 unspecified atom stereocenters. The molecule has 0 aliphatic carbocycles. The lowest BCUT2D eigenvalue weighted by molar-refractivity contribution is -0.111. The summed E-state index contributed by atoms with van der Waals surface area (Å²) < 4.78 is 4.89. The summed E-state index contributed by atoms with van der Waals surface area (Å²) in [6.07, 6.45) is 3.21. The number of ether oxygens (including phenoxy) is 1. The lowest BCUT2D eigenvalue weighted by Gasteiger charge is -2.07. The van der Waals surface area contributed by atoms with E-state index in [1.807, 2.05) is 31.2 Å². The molecule has 2 N–H and O–H groups in total. The number of hydrogen-bond acceptors (Lipinski definition) is 3. The predicted molar refractivity (Wildman–Crippen MR) is 99.5 cm³/mol. The minimum atomic E-state index is -0.252. The first-order valence-electron chi connectivity index (χ1n) is 8.01. The standard InChI is InChI=1S/C20H22N2O3/c1-15-6-8-16(9-7-15)10-11-19(23)22-18-5-3-4-17(14-18)20(24)21-12-13-25-2/h3-11,14H,12-13H2,1-2H3,(H,21,24)(H,22,23)/b11-10+. The quantitative estimate of drug-likeness (QED) is 0.602. The highest BCUT2D eigenvalue weighted by molar-refractivity contribution is 6.03. The third kappa shape index (κ3) is 6.24. The minimum Gasteiger partial charge on any atom is -0.383 e. The number of methoxy groups -OCH3 is 1. The van der Waals surface area contributed by atoms with E-state index in [-0.39, 0.29) is 11.8 Å². The second kappa shape index (κ2) is 9.39. The molecule has 0 atom stereocenters. The van der Waals surface area contributed by atoms with Gasteiger partial charge in [0.2, 0.25) is 5.91 Å². The molecule has 2 aromatic carbocycles. The number of nitrogens with one attached hydrogen (secondary N) is 2. The van der Waals surface area contributed by atoms with Crippen molar-refractivity contribution < 1.29 is 14.3 Å². The van der Waals surface area contributed by atoms with E-state index < -0.39 is 0 Å². The van der Waals surface area contributed by atoms with Gasteiger partial charge in [-0.2, -0.15) is 0 Å². The number of anilines is 1. The summed E-state index contributed by atoms with van der Waals surface area (Å²) in [6, 6.07) is 14.7. The largest absolute Gasteiger partial charge is 0.383 e. The number of aryl methyl sites for hydroxylation is 1. The lowest BCUT2D eigenvalue weighted by atomic mass is 10.1. The van der Waals surface area contributed by atoms with Crippen molar-refractivity contribution in [1.29, 1.82) is 0 Å². The van der Waals surface area contributed by atoms with E-state index in [0.29, 0.717) is 24.4 Å². The number of carbonyl (C=O) groups excluding carboxylic acids is 2. The van der Waals surface area contributed by atoms with Crippen LogP contribution < -0.4 is 10.6 Å². The molecule has 0 aromatic heterocycles. The predicted octanol–water partition coefficient (Wildman–Crippen LogP) is 3.02. The maximum Gasteiger partial charge on any atom is 0.251 e.